The molecule has 0 saturated heterocycles. The highest BCUT2D eigenvalue weighted by atomic mass is 32.2. The van der Waals surface area contributed by atoms with Crippen LogP contribution in [0.4, 0.5) is 0 Å². The summed E-state index contributed by atoms with van der Waals surface area (Å²) in [5.41, 5.74) is 5.99. The van der Waals surface area contributed by atoms with Gasteiger partial charge in [0.2, 0.25) is 0 Å². The second kappa shape index (κ2) is 3.52. The summed E-state index contributed by atoms with van der Waals surface area (Å²) in [6.07, 6.45) is 5.29. The fourth-order valence-corrected chi connectivity index (χ4v) is 4.90. The number of rotatable bonds is 0. The van der Waals surface area contributed by atoms with Crippen molar-refractivity contribution in [3.05, 3.63) is 16.3 Å². The molecule has 1 aliphatic heterocycles. The molecule has 0 atom stereocenters. The third-order valence-corrected chi connectivity index (χ3v) is 5.84. The van der Waals surface area contributed by atoms with Crippen LogP contribution in [0.3, 0.4) is 0 Å². The van der Waals surface area contributed by atoms with Gasteiger partial charge in [0.15, 0.2) is 0 Å². The highest BCUT2D eigenvalue weighted by Crippen LogP contribution is 2.48. The van der Waals surface area contributed by atoms with E-state index in [1.165, 1.54) is 35.5 Å². The molecule has 1 aromatic rings. The molecule has 0 unspecified atom stereocenters. The van der Waals surface area contributed by atoms with Crippen molar-refractivity contribution in [2.24, 2.45) is 10.7 Å². The summed E-state index contributed by atoms with van der Waals surface area (Å²) in [5.74, 6) is 0.747. The first kappa shape index (κ1) is 9.73. The summed E-state index contributed by atoms with van der Waals surface area (Å²) in [5, 5.41) is 2.12. The van der Waals surface area contributed by atoms with Crippen molar-refractivity contribution in [2.75, 3.05) is 6.54 Å². The molecule has 1 aliphatic carbocycles. The number of fused-ring (bicyclic) bond motifs is 1. The zero-order chi connectivity index (χ0) is 10.3. The van der Waals surface area contributed by atoms with E-state index in [4.69, 9.17) is 5.73 Å². The first-order valence-corrected chi connectivity index (χ1v) is 7.06. The molecule has 1 fully saturated rings. The van der Waals surface area contributed by atoms with Gasteiger partial charge in [-0.05, 0) is 24.3 Å². The highest BCUT2D eigenvalue weighted by Gasteiger charge is 2.37. The van der Waals surface area contributed by atoms with Gasteiger partial charge >= 0.3 is 0 Å². The minimum Gasteiger partial charge on any atom is -0.383 e. The largest absolute Gasteiger partial charge is 0.383 e. The average Bonchev–Trinajstić information content (AvgIpc) is 2.83. The van der Waals surface area contributed by atoms with E-state index in [1.54, 1.807) is 11.3 Å². The molecule has 4 heteroatoms. The second-order valence-electron chi connectivity index (χ2n) is 4.31. The Bertz CT molecular complexity index is 402. The third-order valence-electron chi connectivity index (χ3n) is 3.24. The molecule has 2 aliphatic rings. The molecule has 2 heterocycles. The highest BCUT2D eigenvalue weighted by molar-refractivity contribution is 8.01. The van der Waals surface area contributed by atoms with Crippen LogP contribution in [0.1, 0.15) is 30.6 Å². The number of thioether (sulfide) groups is 1. The van der Waals surface area contributed by atoms with Crippen LogP contribution in [0.15, 0.2) is 21.3 Å². The molecule has 3 rings (SSSR count). The van der Waals surface area contributed by atoms with E-state index in [0.29, 0.717) is 4.75 Å². The molecule has 15 heavy (non-hydrogen) atoms. The third kappa shape index (κ3) is 1.60. The normalized spacial score (nSPS) is 23.6. The van der Waals surface area contributed by atoms with Crippen molar-refractivity contribution < 1.29 is 0 Å². The lowest BCUT2D eigenvalue weighted by molar-refractivity contribution is 0.622. The molecule has 0 radical (unpaired) electrons. The van der Waals surface area contributed by atoms with Crippen LogP contribution in [-0.4, -0.2) is 17.1 Å². The van der Waals surface area contributed by atoms with E-state index in [-0.39, 0.29) is 0 Å². The van der Waals surface area contributed by atoms with E-state index < -0.39 is 0 Å². The van der Waals surface area contributed by atoms with Crippen LogP contribution in [-0.2, 0) is 0 Å². The van der Waals surface area contributed by atoms with E-state index in [1.807, 2.05) is 11.8 Å². The predicted octanol–water partition coefficient (Wildman–Crippen LogP) is 2.87. The lowest BCUT2D eigenvalue weighted by Crippen LogP contribution is -2.24. The number of thiophene rings is 1. The summed E-state index contributed by atoms with van der Waals surface area (Å²) in [4.78, 5) is 7.09. The van der Waals surface area contributed by atoms with Gasteiger partial charge in [-0.3, -0.25) is 4.99 Å². The zero-order valence-electron chi connectivity index (χ0n) is 8.53. The Morgan fingerprint density at radius 2 is 2.13 bits per heavy atom. The fraction of sp³-hybridized carbons (Fsp3) is 0.545. The Kier molecular flexibility index (Phi) is 2.29. The minimum atomic E-state index is 0.358. The lowest BCUT2D eigenvalue weighted by atomic mass is 10.1. The molecule has 0 bridgehead atoms. The summed E-state index contributed by atoms with van der Waals surface area (Å²) >= 11 is 3.73. The topological polar surface area (TPSA) is 38.4 Å². The average molecular weight is 238 g/mol. The predicted molar refractivity (Wildman–Crippen MR) is 67.0 cm³/mol. The van der Waals surface area contributed by atoms with Crippen molar-refractivity contribution in [2.45, 2.75) is 35.3 Å². The summed E-state index contributed by atoms with van der Waals surface area (Å²) in [7, 11) is 0. The fourth-order valence-electron chi connectivity index (χ4n) is 2.41. The number of hydrogen-bond donors (Lipinski definition) is 1. The molecule has 2 N–H and O–H groups in total. The molecule has 80 valence electrons. The Labute approximate surface area is 98.0 Å². The van der Waals surface area contributed by atoms with E-state index in [9.17, 15) is 0 Å². The SMILES string of the molecule is NC1=NCC2(CCCC2)Sc2ccsc21. The van der Waals surface area contributed by atoms with Gasteiger partial charge in [-0.25, -0.2) is 0 Å². The first-order chi connectivity index (χ1) is 7.29. The standard InChI is InChI=1S/C11H14N2S2/c12-10-9-8(3-6-14-9)15-11(7-13-10)4-1-2-5-11/h3,6H,1-2,4-5,7H2,(H2,12,13). The maximum Gasteiger partial charge on any atom is 0.137 e. The van der Waals surface area contributed by atoms with E-state index in [0.717, 1.165) is 12.4 Å². The van der Waals surface area contributed by atoms with Crippen molar-refractivity contribution in [1.82, 2.24) is 0 Å². The van der Waals surface area contributed by atoms with Crippen molar-refractivity contribution >= 4 is 28.9 Å². The van der Waals surface area contributed by atoms with Crippen molar-refractivity contribution in [1.29, 1.82) is 0 Å². The molecule has 1 aromatic heterocycles. The van der Waals surface area contributed by atoms with Crippen LogP contribution in [0.2, 0.25) is 0 Å². The Hall–Kier alpha value is -0.480. The molecule has 0 amide bonds. The van der Waals surface area contributed by atoms with Crippen LogP contribution >= 0.6 is 23.1 Å². The monoisotopic (exact) mass is 238 g/mol. The van der Waals surface area contributed by atoms with Crippen molar-refractivity contribution in [3.63, 3.8) is 0 Å². The summed E-state index contributed by atoms with van der Waals surface area (Å²) < 4.78 is 0.358. The molecule has 2 nitrogen and oxygen atoms in total. The lowest BCUT2D eigenvalue weighted by Gasteiger charge is -2.24. The van der Waals surface area contributed by atoms with E-state index in [2.05, 4.69) is 16.4 Å². The number of aliphatic imine (C=N–C) groups is 1. The van der Waals surface area contributed by atoms with Gasteiger partial charge in [-0.2, -0.15) is 0 Å². The number of nitrogens with two attached hydrogens (primary N) is 1. The Morgan fingerprint density at radius 3 is 2.93 bits per heavy atom. The van der Waals surface area contributed by atoms with Crippen LogP contribution < -0.4 is 5.73 Å². The van der Waals surface area contributed by atoms with Crippen molar-refractivity contribution in [3.8, 4) is 0 Å². The van der Waals surface area contributed by atoms with Crippen LogP contribution in [0, 0.1) is 0 Å². The molecule has 1 spiro atoms. The van der Waals surface area contributed by atoms with Gasteiger partial charge in [-0.15, -0.1) is 23.1 Å². The molecular formula is C11H14N2S2. The van der Waals surface area contributed by atoms with Gasteiger partial charge < -0.3 is 5.73 Å². The molecule has 1 saturated carbocycles. The zero-order valence-corrected chi connectivity index (χ0v) is 10.2. The van der Waals surface area contributed by atoms with E-state index >= 15 is 0 Å². The van der Waals surface area contributed by atoms with Gasteiger partial charge in [0.05, 0.1) is 11.4 Å². The van der Waals surface area contributed by atoms with Gasteiger partial charge in [0, 0.05) is 9.64 Å². The Morgan fingerprint density at radius 1 is 1.33 bits per heavy atom. The number of nitrogens with zero attached hydrogens (tertiary/aromatic N) is 1. The maximum atomic E-state index is 5.99. The second-order valence-corrected chi connectivity index (χ2v) is 6.73. The first-order valence-electron chi connectivity index (χ1n) is 5.36. The molecular weight excluding hydrogens is 224 g/mol. The van der Waals surface area contributed by atoms with Crippen LogP contribution in [0.5, 0.6) is 0 Å². The van der Waals surface area contributed by atoms with Gasteiger partial charge in [0.1, 0.15) is 5.84 Å². The van der Waals surface area contributed by atoms with Gasteiger partial charge in [-0.1, -0.05) is 12.8 Å². The molecule has 0 aromatic carbocycles. The van der Waals surface area contributed by atoms with Gasteiger partial charge in [0.25, 0.3) is 0 Å². The number of amidine groups is 1. The quantitative estimate of drug-likeness (QED) is 0.755. The minimum absolute atomic E-state index is 0.358. The maximum absolute atomic E-state index is 5.99. The summed E-state index contributed by atoms with van der Waals surface area (Å²) in [6.45, 7) is 0.908. The van der Waals surface area contributed by atoms with Crippen LogP contribution in [0.25, 0.3) is 0 Å². The smallest absolute Gasteiger partial charge is 0.137 e. The Balaban J connectivity index is 2.02. The summed E-state index contributed by atoms with van der Waals surface area (Å²) in [6, 6.07) is 2.19. The number of hydrogen-bond acceptors (Lipinski definition) is 4.